The first kappa shape index (κ1) is 15.0. The lowest BCUT2D eigenvalue weighted by Crippen LogP contribution is -1.98. The van der Waals surface area contributed by atoms with E-state index in [1.54, 1.807) is 0 Å². The number of hydrogen-bond donors (Lipinski definition) is 0. The number of aryl methyl sites for hydroxylation is 1. The molecule has 0 fully saturated rings. The molecule has 0 aliphatic rings. The zero-order valence-electron chi connectivity index (χ0n) is 12.6. The van der Waals surface area contributed by atoms with E-state index in [9.17, 15) is 8.78 Å². The van der Waals surface area contributed by atoms with Gasteiger partial charge < -0.3 is 4.57 Å². The fourth-order valence-electron chi connectivity index (χ4n) is 3.17. The highest BCUT2D eigenvalue weighted by molar-refractivity contribution is 6.07. The average molecular weight is 301 g/mol. The van der Waals surface area contributed by atoms with Crippen molar-refractivity contribution in [3.05, 3.63) is 48.5 Å². The van der Waals surface area contributed by atoms with E-state index in [-0.39, 0.29) is 6.42 Å². The lowest BCUT2D eigenvalue weighted by molar-refractivity contribution is 0.133. The van der Waals surface area contributed by atoms with Gasteiger partial charge in [-0.3, -0.25) is 0 Å². The van der Waals surface area contributed by atoms with Crippen molar-refractivity contribution >= 4 is 21.8 Å². The first-order valence-electron chi connectivity index (χ1n) is 8.01. The van der Waals surface area contributed by atoms with Crippen LogP contribution in [0, 0.1) is 0 Å². The maximum absolute atomic E-state index is 12.1. The Kier molecular flexibility index (Phi) is 4.71. The second-order valence-electron chi connectivity index (χ2n) is 5.78. The van der Waals surface area contributed by atoms with Crippen LogP contribution < -0.4 is 0 Å². The smallest absolute Gasteiger partial charge is 0.238 e. The molecule has 0 atom stereocenters. The highest BCUT2D eigenvalue weighted by Gasteiger charge is 2.09. The number of rotatable bonds is 7. The summed E-state index contributed by atoms with van der Waals surface area (Å²) in [7, 11) is 0. The Labute approximate surface area is 129 Å². The Balaban J connectivity index is 1.72. The highest BCUT2D eigenvalue weighted by atomic mass is 19.3. The second kappa shape index (κ2) is 6.91. The van der Waals surface area contributed by atoms with Crippen molar-refractivity contribution in [3.63, 3.8) is 0 Å². The van der Waals surface area contributed by atoms with Gasteiger partial charge in [-0.1, -0.05) is 49.2 Å². The molecule has 1 heterocycles. The van der Waals surface area contributed by atoms with Gasteiger partial charge in [0.15, 0.2) is 0 Å². The predicted octanol–water partition coefficient (Wildman–Crippen LogP) is 6.01. The number of halogens is 2. The summed E-state index contributed by atoms with van der Waals surface area (Å²) >= 11 is 0. The number of para-hydroxylation sites is 2. The summed E-state index contributed by atoms with van der Waals surface area (Å²) in [5.41, 5.74) is 2.52. The molecular formula is C19H21F2N. The molecule has 116 valence electrons. The predicted molar refractivity (Wildman–Crippen MR) is 88.5 cm³/mol. The molecule has 1 nitrogen and oxygen atoms in total. The van der Waals surface area contributed by atoms with E-state index in [1.165, 1.54) is 21.8 Å². The number of unbranched alkanes of at least 4 members (excludes halogenated alkanes) is 3. The molecule has 0 spiro atoms. The molecule has 22 heavy (non-hydrogen) atoms. The van der Waals surface area contributed by atoms with Crippen molar-refractivity contribution in [2.24, 2.45) is 0 Å². The maximum Gasteiger partial charge on any atom is 0.238 e. The van der Waals surface area contributed by atoms with Gasteiger partial charge in [0.2, 0.25) is 6.43 Å². The number of aromatic nitrogens is 1. The summed E-state index contributed by atoms with van der Waals surface area (Å²) in [6, 6.07) is 16.9. The molecule has 2 aromatic carbocycles. The summed E-state index contributed by atoms with van der Waals surface area (Å²) in [4.78, 5) is 0. The highest BCUT2D eigenvalue weighted by Crippen LogP contribution is 2.29. The van der Waals surface area contributed by atoms with Crippen molar-refractivity contribution in [1.29, 1.82) is 0 Å². The summed E-state index contributed by atoms with van der Waals surface area (Å²) in [6.07, 6.45) is 1.44. The zero-order chi connectivity index (χ0) is 15.4. The molecule has 0 saturated carbocycles. The van der Waals surface area contributed by atoms with E-state index >= 15 is 0 Å². The molecule has 0 bridgehead atoms. The van der Waals surface area contributed by atoms with Gasteiger partial charge in [-0.15, -0.1) is 0 Å². The van der Waals surface area contributed by atoms with Crippen molar-refractivity contribution in [2.75, 3.05) is 0 Å². The normalized spacial score (nSPS) is 11.8. The van der Waals surface area contributed by atoms with Gasteiger partial charge in [0.1, 0.15) is 0 Å². The molecule has 0 aliphatic carbocycles. The molecule has 0 aliphatic heterocycles. The lowest BCUT2D eigenvalue weighted by Gasteiger charge is -2.07. The number of nitrogens with zero attached hydrogens (tertiary/aromatic N) is 1. The first-order valence-corrected chi connectivity index (χ1v) is 8.01. The van der Waals surface area contributed by atoms with E-state index < -0.39 is 6.43 Å². The van der Waals surface area contributed by atoms with Gasteiger partial charge in [-0.25, -0.2) is 8.78 Å². The lowest BCUT2D eigenvalue weighted by atomic mass is 10.1. The Hall–Kier alpha value is -1.90. The zero-order valence-corrected chi connectivity index (χ0v) is 12.6. The third-order valence-electron chi connectivity index (χ3n) is 4.23. The summed E-state index contributed by atoms with van der Waals surface area (Å²) in [5.74, 6) is 0. The minimum Gasteiger partial charge on any atom is -0.340 e. The molecule has 0 N–H and O–H groups in total. The van der Waals surface area contributed by atoms with Gasteiger partial charge in [-0.05, 0) is 25.0 Å². The quantitative estimate of drug-likeness (QED) is 0.471. The average Bonchev–Trinajstić information content (AvgIpc) is 2.85. The molecule has 0 saturated heterocycles. The van der Waals surface area contributed by atoms with Crippen molar-refractivity contribution in [3.8, 4) is 0 Å². The van der Waals surface area contributed by atoms with Crippen molar-refractivity contribution < 1.29 is 8.78 Å². The number of benzene rings is 2. The minimum atomic E-state index is -2.16. The third kappa shape index (κ3) is 3.13. The summed E-state index contributed by atoms with van der Waals surface area (Å²) in [6.45, 7) is 0.947. The van der Waals surface area contributed by atoms with Crippen molar-refractivity contribution in [2.45, 2.75) is 45.1 Å². The largest absolute Gasteiger partial charge is 0.340 e. The van der Waals surface area contributed by atoms with E-state index in [2.05, 4.69) is 53.1 Å². The summed E-state index contributed by atoms with van der Waals surface area (Å²) < 4.78 is 26.6. The molecule has 1 aromatic heterocycles. The van der Waals surface area contributed by atoms with E-state index in [0.29, 0.717) is 6.42 Å². The molecule has 3 aromatic rings. The van der Waals surface area contributed by atoms with Gasteiger partial charge in [-0.2, -0.15) is 0 Å². The molecule has 0 amide bonds. The van der Waals surface area contributed by atoms with Gasteiger partial charge in [0, 0.05) is 34.8 Å². The Morgan fingerprint density at radius 2 is 1.27 bits per heavy atom. The fourth-order valence-corrected chi connectivity index (χ4v) is 3.17. The van der Waals surface area contributed by atoms with Crippen LogP contribution in [0.15, 0.2) is 48.5 Å². The second-order valence-corrected chi connectivity index (χ2v) is 5.78. The van der Waals surface area contributed by atoms with Gasteiger partial charge in [0.05, 0.1) is 0 Å². The summed E-state index contributed by atoms with van der Waals surface area (Å²) in [5, 5.41) is 2.58. The van der Waals surface area contributed by atoms with Crippen LogP contribution in [0.5, 0.6) is 0 Å². The monoisotopic (exact) mass is 301 g/mol. The minimum absolute atomic E-state index is 0.0371. The maximum atomic E-state index is 12.1. The Morgan fingerprint density at radius 3 is 1.86 bits per heavy atom. The Morgan fingerprint density at radius 1 is 0.727 bits per heavy atom. The van der Waals surface area contributed by atoms with Crippen LogP contribution in [0.25, 0.3) is 21.8 Å². The molecule has 0 unspecified atom stereocenters. The van der Waals surface area contributed by atoms with E-state index in [4.69, 9.17) is 0 Å². The molecular weight excluding hydrogens is 280 g/mol. The SMILES string of the molecule is FC(F)CCCCCCn1c2ccccc2c2ccccc21. The Bertz CT molecular complexity index is 692. The van der Waals surface area contributed by atoms with Crippen molar-refractivity contribution in [1.82, 2.24) is 4.57 Å². The van der Waals surface area contributed by atoms with Crippen LogP contribution >= 0.6 is 0 Å². The van der Waals surface area contributed by atoms with Gasteiger partial charge in [0.25, 0.3) is 0 Å². The standard InChI is InChI=1S/C19H21F2N/c20-19(21)13-3-1-2-8-14-22-17-11-6-4-9-15(17)16-10-5-7-12-18(16)22/h4-7,9-12,19H,1-3,8,13-14H2. The first-order chi connectivity index (χ1) is 10.8. The topological polar surface area (TPSA) is 4.93 Å². The van der Waals surface area contributed by atoms with Crippen LogP contribution in [0.4, 0.5) is 8.78 Å². The van der Waals surface area contributed by atoms with Crippen LogP contribution in [-0.2, 0) is 6.54 Å². The third-order valence-corrected chi connectivity index (χ3v) is 4.23. The van der Waals surface area contributed by atoms with Crippen LogP contribution in [-0.4, -0.2) is 11.0 Å². The van der Waals surface area contributed by atoms with Gasteiger partial charge >= 0.3 is 0 Å². The van der Waals surface area contributed by atoms with Crippen LogP contribution in [0.2, 0.25) is 0 Å². The van der Waals surface area contributed by atoms with E-state index in [0.717, 1.165) is 25.8 Å². The van der Waals surface area contributed by atoms with E-state index in [1.807, 2.05) is 0 Å². The van der Waals surface area contributed by atoms with Crippen LogP contribution in [0.1, 0.15) is 32.1 Å². The molecule has 3 heteroatoms. The number of fused-ring (bicyclic) bond motifs is 3. The molecule has 0 radical (unpaired) electrons. The van der Waals surface area contributed by atoms with Crippen LogP contribution in [0.3, 0.4) is 0 Å². The fraction of sp³-hybridized carbons (Fsp3) is 0.368. The number of alkyl halides is 2. The molecule has 3 rings (SSSR count). The number of hydrogen-bond acceptors (Lipinski definition) is 0.